The molecule has 1 heterocycles. The van der Waals surface area contributed by atoms with E-state index in [1.165, 1.54) is 11.8 Å². The van der Waals surface area contributed by atoms with Crippen LogP contribution in [-0.4, -0.2) is 27.3 Å². The van der Waals surface area contributed by atoms with Crippen LogP contribution in [-0.2, 0) is 9.59 Å². The maximum atomic E-state index is 12.9. The number of imide groups is 1. The zero-order valence-corrected chi connectivity index (χ0v) is 15.6. The first-order valence-corrected chi connectivity index (χ1v) is 9.52. The zero-order chi connectivity index (χ0) is 16.5. The lowest BCUT2D eigenvalue weighted by Crippen LogP contribution is -2.37. The summed E-state index contributed by atoms with van der Waals surface area (Å²) < 4.78 is 0. The van der Waals surface area contributed by atoms with Gasteiger partial charge in [0.05, 0.1) is 17.5 Å². The molecular weight excluding hydrogens is 426 g/mol. The topological polar surface area (TPSA) is 54.5 Å². The molecule has 0 radical (unpaired) electrons. The third kappa shape index (κ3) is 2.03. The summed E-state index contributed by atoms with van der Waals surface area (Å²) >= 11 is 7.36. The molecule has 23 heavy (non-hydrogen) atoms. The van der Waals surface area contributed by atoms with Crippen LogP contribution in [0, 0.1) is 23.7 Å². The van der Waals surface area contributed by atoms with Crippen LogP contribution >= 0.6 is 31.9 Å². The van der Waals surface area contributed by atoms with Crippen molar-refractivity contribution in [1.82, 2.24) is 0 Å². The van der Waals surface area contributed by atoms with Crippen LogP contribution in [0.3, 0.4) is 0 Å². The minimum atomic E-state index is -0.210. The largest absolute Gasteiger partial charge is 0.295 e. The highest BCUT2D eigenvalue weighted by molar-refractivity contribution is 9.12. The number of carbonyl (C=O) groups excluding carboxylic acids is 3. The number of nitrogens with zero attached hydrogens (tertiary/aromatic N) is 1. The van der Waals surface area contributed by atoms with Gasteiger partial charge in [-0.05, 0) is 49.4 Å². The fourth-order valence-electron chi connectivity index (χ4n) is 4.45. The van der Waals surface area contributed by atoms with Crippen LogP contribution in [0.2, 0.25) is 0 Å². The Morgan fingerprint density at radius 2 is 1.48 bits per heavy atom. The van der Waals surface area contributed by atoms with Crippen molar-refractivity contribution < 1.29 is 14.4 Å². The fraction of sp³-hybridized carbons (Fsp3) is 0.471. The van der Waals surface area contributed by atoms with Crippen LogP contribution < -0.4 is 4.90 Å². The van der Waals surface area contributed by atoms with Crippen LogP contribution in [0.25, 0.3) is 0 Å². The number of rotatable bonds is 2. The molecule has 1 aromatic carbocycles. The zero-order valence-electron chi connectivity index (χ0n) is 12.4. The molecule has 0 aromatic heterocycles. The molecule has 2 bridgehead atoms. The van der Waals surface area contributed by atoms with Crippen molar-refractivity contribution in [2.24, 2.45) is 23.7 Å². The summed E-state index contributed by atoms with van der Waals surface area (Å²) in [6.07, 6.45) is 0.926. The summed E-state index contributed by atoms with van der Waals surface area (Å²) in [7, 11) is 0. The Labute approximate surface area is 150 Å². The molecular formula is C17H15Br2NO3. The number of amides is 2. The van der Waals surface area contributed by atoms with Crippen molar-refractivity contribution in [2.45, 2.75) is 23.0 Å². The number of anilines is 1. The van der Waals surface area contributed by atoms with Gasteiger partial charge in [-0.2, -0.15) is 0 Å². The number of alkyl halides is 2. The smallest absolute Gasteiger partial charge is 0.238 e. The minimum absolute atomic E-state index is 0.0326. The summed E-state index contributed by atoms with van der Waals surface area (Å²) in [6.45, 7) is 1.50. The number of carbonyl (C=O) groups is 3. The third-order valence-electron chi connectivity index (χ3n) is 5.52. The predicted molar refractivity (Wildman–Crippen MR) is 92.9 cm³/mol. The van der Waals surface area contributed by atoms with Gasteiger partial charge in [0, 0.05) is 15.2 Å². The summed E-state index contributed by atoms with van der Waals surface area (Å²) in [5.41, 5.74) is 1.14. The van der Waals surface area contributed by atoms with Gasteiger partial charge in [0.25, 0.3) is 0 Å². The molecule has 120 valence electrons. The Morgan fingerprint density at radius 1 is 1.00 bits per heavy atom. The van der Waals surface area contributed by atoms with E-state index < -0.39 is 0 Å². The molecule has 0 N–H and O–H groups in total. The van der Waals surface area contributed by atoms with E-state index in [9.17, 15) is 14.4 Å². The number of ketones is 1. The predicted octanol–water partition coefficient (Wildman–Crippen LogP) is 3.17. The third-order valence-corrected chi connectivity index (χ3v) is 8.73. The van der Waals surface area contributed by atoms with Crippen LogP contribution in [0.4, 0.5) is 5.69 Å². The standard InChI is InChI=1S/C17H15Br2NO3/c1-7(21)8-2-4-9(5-3-8)20-16(22)12-10-6-11(13(12)17(20)23)15(19)14(10)18/h2-5,10-15H,6H2,1H3/t10-,11-,12-,13-,14-,15+/m1/s1. The lowest BCUT2D eigenvalue weighted by molar-refractivity contribution is -0.123. The van der Waals surface area contributed by atoms with Crippen molar-refractivity contribution in [2.75, 3.05) is 4.90 Å². The number of hydrogen-bond acceptors (Lipinski definition) is 3. The second-order valence-corrected chi connectivity index (χ2v) is 8.73. The number of halogens is 2. The van der Waals surface area contributed by atoms with Crippen molar-refractivity contribution in [3.8, 4) is 0 Å². The molecule has 3 aliphatic rings. The van der Waals surface area contributed by atoms with E-state index in [1.54, 1.807) is 24.3 Å². The Kier molecular flexibility index (Phi) is 3.54. The highest BCUT2D eigenvalue weighted by Gasteiger charge is 2.66. The molecule has 1 saturated heterocycles. The normalized spacial score (nSPS) is 38.3. The molecule has 2 aliphatic carbocycles. The van der Waals surface area contributed by atoms with Gasteiger partial charge in [-0.3, -0.25) is 19.3 Å². The average Bonchev–Trinajstić information content (AvgIpc) is 3.12. The molecule has 3 fully saturated rings. The second-order valence-electron chi connectivity index (χ2n) is 6.62. The van der Waals surface area contributed by atoms with Crippen LogP contribution in [0.1, 0.15) is 23.7 Å². The second kappa shape index (κ2) is 5.24. The summed E-state index contributed by atoms with van der Waals surface area (Å²) in [6, 6.07) is 6.71. The highest BCUT2D eigenvalue weighted by atomic mass is 79.9. The molecule has 2 amide bonds. The highest BCUT2D eigenvalue weighted by Crippen LogP contribution is 2.60. The van der Waals surface area contributed by atoms with Gasteiger partial charge in [0.1, 0.15) is 0 Å². The lowest BCUT2D eigenvalue weighted by Gasteiger charge is -2.28. The van der Waals surface area contributed by atoms with Gasteiger partial charge in [-0.15, -0.1) is 0 Å². The van der Waals surface area contributed by atoms with E-state index in [0.717, 1.165) is 6.42 Å². The Balaban J connectivity index is 1.68. The molecule has 0 unspecified atom stereocenters. The molecule has 1 aliphatic heterocycles. The molecule has 4 nitrogen and oxygen atoms in total. The maximum Gasteiger partial charge on any atom is 0.238 e. The van der Waals surface area contributed by atoms with Gasteiger partial charge in [0.2, 0.25) is 11.8 Å². The maximum absolute atomic E-state index is 12.9. The number of fused-ring (bicyclic) bond motifs is 5. The average molecular weight is 441 g/mol. The van der Waals surface area contributed by atoms with Gasteiger partial charge in [-0.1, -0.05) is 31.9 Å². The lowest BCUT2D eigenvalue weighted by atomic mass is 9.81. The van der Waals surface area contributed by atoms with Gasteiger partial charge >= 0.3 is 0 Å². The minimum Gasteiger partial charge on any atom is -0.295 e. The van der Waals surface area contributed by atoms with Gasteiger partial charge in [0.15, 0.2) is 5.78 Å². The van der Waals surface area contributed by atoms with Crippen molar-refractivity contribution in [1.29, 1.82) is 0 Å². The van der Waals surface area contributed by atoms with Crippen LogP contribution in [0.5, 0.6) is 0 Å². The fourth-order valence-corrected chi connectivity index (χ4v) is 6.32. The molecule has 6 heteroatoms. The van der Waals surface area contributed by atoms with Gasteiger partial charge < -0.3 is 0 Å². The quantitative estimate of drug-likeness (QED) is 0.403. The van der Waals surface area contributed by atoms with Crippen molar-refractivity contribution in [3.63, 3.8) is 0 Å². The van der Waals surface area contributed by atoms with Crippen molar-refractivity contribution in [3.05, 3.63) is 29.8 Å². The van der Waals surface area contributed by atoms with E-state index in [4.69, 9.17) is 0 Å². The monoisotopic (exact) mass is 439 g/mol. The molecule has 0 spiro atoms. The van der Waals surface area contributed by atoms with Crippen LogP contribution in [0.15, 0.2) is 24.3 Å². The Bertz CT molecular complexity index is 685. The van der Waals surface area contributed by atoms with E-state index in [-0.39, 0.29) is 50.9 Å². The first kappa shape index (κ1) is 15.5. The molecule has 1 aromatic rings. The van der Waals surface area contributed by atoms with E-state index in [0.29, 0.717) is 11.3 Å². The van der Waals surface area contributed by atoms with E-state index in [2.05, 4.69) is 31.9 Å². The van der Waals surface area contributed by atoms with E-state index >= 15 is 0 Å². The summed E-state index contributed by atoms with van der Waals surface area (Å²) in [5, 5.41) is 0. The number of benzene rings is 1. The van der Waals surface area contributed by atoms with Gasteiger partial charge in [-0.25, -0.2) is 0 Å². The molecule has 4 rings (SSSR count). The molecule has 2 saturated carbocycles. The summed E-state index contributed by atoms with van der Waals surface area (Å²) in [4.78, 5) is 38.9. The first-order valence-electron chi connectivity index (χ1n) is 7.68. The first-order chi connectivity index (χ1) is 10.9. The van der Waals surface area contributed by atoms with E-state index in [1.807, 2.05) is 0 Å². The molecule has 6 atom stereocenters. The Morgan fingerprint density at radius 3 is 1.91 bits per heavy atom. The number of hydrogen-bond donors (Lipinski definition) is 0. The number of Topliss-reactive ketones (excluding diaryl/α,β-unsaturated/α-hetero) is 1. The Hall–Kier alpha value is -1.01. The SMILES string of the molecule is CC(=O)c1ccc(N2C(=O)[C@@H]3[C@H]4C[C@@H]([C@@H](Br)[C@H]4Br)[C@H]3C2=O)cc1. The van der Waals surface area contributed by atoms with Crippen molar-refractivity contribution >= 4 is 55.1 Å². The summed E-state index contributed by atoms with van der Waals surface area (Å²) in [5.74, 6) is -0.204.